The molecule has 0 aromatic rings. The summed E-state index contributed by atoms with van der Waals surface area (Å²) in [4.78, 5) is 5.48. The van der Waals surface area contributed by atoms with Crippen LogP contribution in [0.3, 0.4) is 0 Å². The van der Waals surface area contributed by atoms with Gasteiger partial charge in [0.05, 0.1) is 0 Å². The Morgan fingerprint density at radius 2 is 0.792 bits per heavy atom. The topological polar surface area (TPSA) is 6.48 Å². The van der Waals surface area contributed by atoms with E-state index in [0.717, 1.165) is 0 Å². The molecule has 0 spiro atoms. The summed E-state index contributed by atoms with van der Waals surface area (Å²) in [6, 6.07) is 0. The largest absolute Gasteiger partial charge is 0.296 e. The van der Waals surface area contributed by atoms with E-state index in [1.807, 2.05) is 0 Å². The van der Waals surface area contributed by atoms with Crippen LogP contribution in [0.4, 0.5) is 0 Å². The quantitative estimate of drug-likeness (QED) is 0.550. The number of rotatable bonds is 8. The molecule has 0 bridgehead atoms. The SMILES string of the molecule is CCC(C)(C)CC(C)(C)N1CCN(C(C)(C)CC(C)(C)CC)CC1. The van der Waals surface area contributed by atoms with Crippen LogP contribution < -0.4 is 0 Å². The molecular weight excluding hydrogens is 292 g/mol. The van der Waals surface area contributed by atoms with Gasteiger partial charge in [-0.3, -0.25) is 9.80 Å². The summed E-state index contributed by atoms with van der Waals surface area (Å²) < 4.78 is 0. The second kappa shape index (κ2) is 7.66. The van der Waals surface area contributed by atoms with Crippen LogP contribution >= 0.6 is 0 Å². The van der Waals surface area contributed by atoms with Crippen molar-refractivity contribution in [3.8, 4) is 0 Å². The van der Waals surface area contributed by atoms with Crippen molar-refractivity contribution >= 4 is 0 Å². The van der Waals surface area contributed by atoms with E-state index in [0.29, 0.717) is 21.9 Å². The summed E-state index contributed by atoms with van der Waals surface area (Å²) in [7, 11) is 0. The van der Waals surface area contributed by atoms with Crippen LogP contribution in [0.15, 0.2) is 0 Å². The Morgan fingerprint density at radius 3 is 1.00 bits per heavy atom. The van der Waals surface area contributed by atoms with Crippen molar-refractivity contribution in [1.82, 2.24) is 9.80 Å². The number of hydrogen-bond acceptors (Lipinski definition) is 2. The van der Waals surface area contributed by atoms with Gasteiger partial charge >= 0.3 is 0 Å². The first-order valence-electron chi connectivity index (χ1n) is 10.2. The van der Waals surface area contributed by atoms with Gasteiger partial charge in [-0.05, 0) is 51.4 Å². The second-order valence-electron chi connectivity index (χ2n) is 11.0. The maximum atomic E-state index is 2.74. The molecule has 0 saturated carbocycles. The fourth-order valence-electron chi connectivity index (χ4n) is 4.73. The molecule has 24 heavy (non-hydrogen) atoms. The van der Waals surface area contributed by atoms with Gasteiger partial charge in [-0.2, -0.15) is 0 Å². The molecule has 0 radical (unpaired) electrons. The average molecular weight is 339 g/mol. The van der Waals surface area contributed by atoms with Crippen molar-refractivity contribution in [1.29, 1.82) is 0 Å². The lowest BCUT2D eigenvalue weighted by atomic mass is 9.76. The van der Waals surface area contributed by atoms with E-state index < -0.39 is 0 Å². The van der Waals surface area contributed by atoms with Gasteiger partial charge in [0, 0.05) is 37.3 Å². The molecule has 1 aliphatic heterocycles. The van der Waals surface area contributed by atoms with Crippen LogP contribution in [0.25, 0.3) is 0 Å². The summed E-state index contributed by atoms with van der Waals surface area (Å²) in [5.74, 6) is 0. The van der Waals surface area contributed by atoms with E-state index in [2.05, 4.69) is 79.0 Å². The third-order valence-corrected chi connectivity index (χ3v) is 6.73. The summed E-state index contributed by atoms with van der Waals surface area (Å²) in [5.41, 5.74) is 1.48. The summed E-state index contributed by atoms with van der Waals surface area (Å²) in [6.45, 7) is 29.0. The lowest BCUT2D eigenvalue weighted by molar-refractivity contribution is -0.0194. The molecule has 2 nitrogen and oxygen atoms in total. The zero-order chi connectivity index (χ0) is 18.8. The minimum Gasteiger partial charge on any atom is -0.296 e. The van der Waals surface area contributed by atoms with Crippen LogP contribution in [0, 0.1) is 10.8 Å². The highest BCUT2D eigenvalue weighted by atomic mass is 15.3. The Labute approximate surface area is 153 Å². The van der Waals surface area contributed by atoms with E-state index >= 15 is 0 Å². The molecule has 0 aromatic heterocycles. The van der Waals surface area contributed by atoms with Crippen molar-refractivity contribution in [2.45, 2.75) is 106 Å². The molecule has 1 heterocycles. The van der Waals surface area contributed by atoms with Gasteiger partial charge in [-0.25, -0.2) is 0 Å². The molecule has 0 unspecified atom stereocenters. The number of piperazine rings is 1. The molecule has 0 aromatic carbocycles. The first-order chi connectivity index (χ1) is 10.7. The van der Waals surface area contributed by atoms with Crippen molar-refractivity contribution in [3.63, 3.8) is 0 Å². The van der Waals surface area contributed by atoms with Crippen LogP contribution in [-0.4, -0.2) is 47.1 Å². The maximum Gasteiger partial charge on any atom is 0.0159 e. The summed E-state index contributed by atoms with van der Waals surface area (Å²) >= 11 is 0. The Hall–Kier alpha value is -0.0800. The average Bonchev–Trinajstić information content (AvgIpc) is 2.45. The molecule has 2 heteroatoms. The van der Waals surface area contributed by atoms with Gasteiger partial charge in [0.2, 0.25) is 0 Å². The van der Waals surface area contributed by atoms with Gasteiger partial charge in [0.15, 0.2) is 0 Å². The fourth-order valence-corrected chi connectivity index (χ4v) is 4.73. The Balaban J connectivity index is 2.66. The number of nitrogens with zero attached hydrogens (tertiary/aromatic N) is 2. The predicted molar refractivity (Wildman–Crippen MR) is 109 cm³/mol. The third-order valence-electron chi connectivity index (χ3n) is 6.73. The second-order valence-corrected chi connectivity index (χ2v) is 11.0. The van der Waals surface area contributed by atoms with Gasteiger partial charge in [0.25, 0.3) is 0 Å². The Bertz CT molecular complexity index is 347. The molecule has 0 atom stereocenters. The molecule has 1 saturated heterocycles. The minimum absolute atomic E-state index is 0.304. The molecule has 0 N–H and O–H groups in total. The number of hydrogen-bond donors (Lipinski definition) is 0. The van der Waals surface area contributed by atoms with Crippen LogP contribution in [0.1, 0.15) is 94.9 Å². The first-order valence-corrected chi connectivity index (χ1v) is 10.2. The smallest absolute Gasteiger partial charge is 0.0159 e. The van der Waals surface area contributed by atoms with E-state index in [9.17, 15) is 0 Å². The van der Waals surface area contributed by atoms with Crippen LogP contribution in [0.5, 0.6) is 0 Å². The normalized spacial score (nSPS) is 19.8. The predicted octanol–water partition coefficient (Wildman–Crippen LogP) is 5.81. The molecule has 0 aliphatic carbocycles. The standard InChI is InChI=1S/C22H46N2/c1-11-19(3,4)17-21(7,8)23-13-15-24(16-14-23)22(9,10)18-20(5,6)12-2/h11-18H2,1-10H3. The highest BCUT2D eigenvalue weighted by molar-refractivity contribution is 4.94. The first kappa shape index (κ1) is 22.0. The lowest BCUT2D eigenvalue weighted by Gasteiger charge is -2.51. The Kier molecular flexibility index (Phi) is 7.01. The molecular formula is C22H46N2. The van der Waals surface area contributed by atoms with E-state index in [4.69, 9.17) is 0 Å². The zero-order valence-corrected chi connectivity index (χ0v) is 18.6. The monoisotopic (exact) mass is 338 g/mol. The summed E-state index contributed by atoms with van der Waals surface area (Å²) in [5, 5.41) is 0. The maximum absolute atomic E-state index is 2.74. The van der Waals surface area contributed by atoms with Gasteiger partial charge in [-0.15, -0.1) is 0 Å². The molecule has 1 fully saturated rings. The van der Waals surface area contributed by atoms with Gasteiger partial charge in [-0.1, -0.05) is 54.4 Å². The molecule has 144 valence electrons. The highest BCUT2D eigenvalue weighted by Gasteiger charge is 2.38. The van der Waals surface area contributed by atoms with Crippen molar-refractivity contribution in [3.05, 3.63) is 0 Å². The van der Waals surface area contributed by atoms with Crippen LogP contribution in [0.2, 0.25) is 0 Å². The lowest BCUT2D eigenvalue weighted by Crippen LogP contribution is -2.60. The van der Waals surface area contributed by atoms with Gasteiger partial charge in [0.1, 0.15) is 0 Å². The Morgan fingerprint density at radius 1 is 0.542 bits per heavy atom. The van der Waals surface area contributed by atoms with E-state index in [1.54, 1.807) is 0 Å². The zero-order valence-electron chi connectivity index (χ0n) is 18.6. The van der Waals surface area contributed by atoms with Crippen molar-refractivity contribution < 1.29 is 0 Å². The summed E-state index contributed by atoms with van der Waals surface area (Å²) in [6.07, 6.45) is 5.08. The van der Waals surface area contributed by atoms with E-state index in [1.165, 1.54) is 51.9 Å². The third kappa shape index (κ3) is 6.02. The fraction of sp³-hybridized carbons (Fsp3) is 1.00. The molecule has 0 amide bonds. The van der Waals surface area contributed by atoms with Gasteiger partial charge < -0.3 is 0 Å². The molecule has 1 rings (SSSR count). The molecule has 1 aliphatic rings. The minimum atomic E-state index is 0.304. The van der Waals surface area contributed by atoms with Crippen molar-refractivity contribution in [2.75, 3.05) is 26.2 Å². The highest BCUT2D eigenvalue weighted by Crippen LogP contribution is 2.37. The van der Waals surface area contributed by atoms with Crippen LogP contribution in [-0.2, 0) is 0 Å². The van der Waals surface area contributed by atoms with Crippen molar-refractivity contribution in [2.24, 2.45) is 10.8 Å². The van der Waals surface area contributed by atoms with E-state index in [-0.39, 0.29) is 0 Å².